The third-order valence-electron chi connectivity index (χ3n) is 5.43. The summed E-state index contributed by atoms with van der Waals surface area (Å²) in [5.41, 5.74) is 12.4. The molecule has 3 aromatic rings. The lowest BCUT2D eigenvalue weighted by Crippen LogP contribution is -2.17. The van der Waals surface area contributed by atoms with Gasteiger partial charge in [-0.15, -0.1) is 0 Å². The van der Waals surface area contributed by atoms with Crippen LogP contribution >= 0.6 is 0 Å². The molecule has 4 heteroatoms. The highest BCUT2D eigenvalue weighted by Gasteiger charge is 2.37. The van der Waals surface area contributed by atoms with Crippen LogP contribution in [0.1, 0.15) is 50.1 Å². The molecule has 170 valence electrons. The Labute approximate surface area is 195 Å². The minimum Gasteiger partial charge on any atom is -0.565 e. The number of aryl methyl sites for hydroxylation is 9. The van der Waals surface area contributed by atoms with Crippen molar-refractivity contribution in [3.8, 4) is 0 Å². The van der Waals surface area contributed by atoms with Crippen LogP contribution in [0.15, 0.2) is 51.1 Å². The molecule has 0 heterocycles. The predicted molar refractivity (Wildman–Crippen MR) is 132 cm³/mol. The molecule has 0 amide bonds. The number of carbonyl (C=O) groups is 1. The topological polar surface area (TPSA) is 60.4 Å². The zero-order valence-electron chi connectivity index (χ0n) is 20.6. The van der Waals surface area contributed by atoms with Crippen molar-refractivity contribution in [3.63, 3.8) is 0 Å². The van der Waals surface area contributed by atoms with Crippen LogP contribution in [0.5, 0.6) is 0 Å². The Morgan fingerprint density at radius 2 is 0.719 bits per heavy atom. The van der Waals surface area contributed by atoms with E-state index >= 15 is 0 Å². The number of rotatable bonds is 3. The summed E-state index contributed by atoms with van der Waals surface area (Å²) in [5.74, 6) is 0. The first kappa shape index (κ1) is 25.5. The largest absolute Gasteiger partial charge is 0.565 e. The number of benzene rings is 3. The molecule has 1 N–H and O–H groups in total. The van der Waals surface area contributed by atoms with Crippen molar-refractivity contribution in [1.29, 1.82) is 0 Å². The molecule has 3 nitrogen and oxygen atoms in total. The molecule has 0 unspecified atom stereocenters. The molecule has 3 aromatic carbocycles. The molecule has 0 aliphatic heterocycles. The Morgan fingerprint density at radius 3 is 0.875 bits per heavy atom. The van der Waals surface area contributed by atoms with E-state index in [4.69, 9.17) is 15.0 Å². The number of carboxylic acid groups (broad SMARTS) is 2. The van der Waals surface area contributed by atoms with Gasteiger partial charge < -0.3 is 15.0 Å². The molecule has 0 aromatic heterocycles. The third kappa shape index (κ3) is 5.74. The van der Waals surface area contributed by atoms with Gasteiger partial charge in [0, 0.05) is 33.4 Å². The second kappa shape index (κ2) is 10.3. The standard InChI is InChI=1S/C27H33S.CH2O3/c1-16-10-19(4)25(20(5)11-16)28(26-21(6)12-17(2)13-22(26)7)27-23(8)14-18(3)15-24(27)9;2-1(3)4/h10-15H,1-9H3;(H2,2,3,4)/q+1;/p-1. The van der Waals surface area contributed by atoms with Crippen molar-refractivity contribution in [2.24, 2.45) is 0 Å². The predicted octanol–water partition coefficient (Wildman–Crippen LogP) is 6.45. The Kier molecular flexibility index (Phi) is 8.19. The van der Waals surface area contributed by atoms with Crippen LogP contribution in [0, 0.1) is 62.3 Å². The van der Waals surface area contributed by atoms with E-state index in [1.807, 2.05) is 0 Å². The van der Waals surface area contributed by atoms with Gasteiger partial charge in [0.05, 0.1) is 0 Å². The maximum Gasteiger partial charge on any atom is 0.249 e. The van der Waals surface area contributed by atoms with Crippen LogP contribution < -0.4 is 5.11 Å². The quantitative estimate of drug-likeness (QED) is 0.467. The molecule has 0 saturated carbocycles. The molecule has 0 fully saturated rings. The molecular weight excluding hydrogens is 416 g/mol. The fourth-order valence-electron chi connectivity index (χ4n) is 4.77. The second-order valence-corrected chi connectivity index (χ2v) is 10.6. The first-order chi connectivity index (χ1) is 14.8. The van der Waals surface area contributed by atoms with E-state index in [1.54, 1.807) is 0 Å². The Hall–Kier alpha value is -2.72. The van der Waals surface area contributed by atoms with Gasteiger partial charge in [0.1, 0.15) is 10.9 Å². The summed E-state index contributed by atoms with van der Waals surface area (Å²) in [6.07, 6.45) is -2.08. The van der Waals surface area contributed by atoms with Gasteiger partial charge >= 0.3 is 0 Å². The van der Waals surface area contributed by atoms with Gasteiger partial charge in [-0.2, -0.15) is 0 Å². The summed E-state index contributed by atoms with van der Waals surface area (Å²) in [6.45, 7) is 20.3. The smallest absolute Gasteiger partial charge is 0.249 e. The highest BCUT2D eigenvalue weighted by atomic mass is 32.2. The average Bonchev–Trinajstić information content (AvgIpc) is 2.58. The zero-order valence-corrected chi connectivity index (χ0v) is 21.5. The molecule has 0 aliphatic carbocycles. The molecule has 3 rings (SSSR count). The van der Waals surface area contributed by atoms with Gasteiger partial charge in [-0.25, -0.2) is 0 Å². The lowest BCUT2D eigenvalue weighted by Gasteiger charge is -2.20. The van der Waals surface area contributed by atoms with Crippen LogP contribution in [-0.2, 0) is 10.9 Å². The molecule has 32 heavy (non-hydrogen) atoms. The van der Waals surface area contributed by atoms with Gasteiger partial charge in [0.15, 0.2) is 14.7 Å². The van der Waals surface area contributed by atoms with Crippen LogP contribution in [0.4, 0.5) is 4.79 Å². The van der Waals surface area contributed by atoms with E-state index in [2.05, 4.69) is 98.7 Å². The lowest BCUT2D eigenvalue weighted by molar-refractivity contribution is -0.275. The van der Waals surface area contributed by atoms with Crippen LogP contribution in [0.3, 0.4) is 0 Å². The van der Waals surface area contributed by atoms with Gasteiger partial charge in [0.25, 0.3) is 0 Å². The maximum atomic E-state index is 8.44. The van der Waals surface area contributed by atoms with E-state index < -0.39 is 6.16 Å². The van der Waals surface area contributed by atoms with Crippen LogP contribution in [-0.4, -0.2) is 11.3 Å². The Bertz CT molecular complexity index is 952. The van der Waals surface area contributed by atoms with Gasteiger partial charge in [0.2, 0.25) is 6.16 Å². The molecule has 0 saturated heterocycles. The molecular formula is C28H34O3S. The first-order valence-electron chi connectivity index (χ1n) is 10.7. The Balaban J connectivity index is 0.000000837. The van der Waals surface area contributed by atoms with Crippen molar-refractivity contribution < 1.29 is 15.0 Å². The van der Waals surface area contributed by atoms with Crippen molar-refractivity contribution >= 4 is 17.1 Å². The number of hydrogen-bond donors (Lipinski definition) is 1. The highest BCUT2D eigenvalue weighted by molar-refractivity contribution is 7.97. The lowest BCUT2D eigenvalue weighted by atomic mass is 10.1. The van der Waals surface area contributed by atoms with E-state index in [9.17, 15) is 0 Å². The van der Waals surface area contributed by atoms with Crippen molar-refractivity contribution in [1.82, 2.24) is 0 Å². The van der Waals surface area contributed by atoms with Gasteiger partial charge in [-0.1, -0.05) is 53.1 Å². The van der Waals surface area contributed by atoms with E-state index in [-0.39, 0.29) is 10.9 Å². The van der Waals surface area contributed by atoms with Crippen LogP contribution in [0.25, 0.3) is 0 Å². The summed E-state index contributed by atoms with van der Waals surface area (Å²) >= 11 is 0. The van der Waals surface area contributed by atoms with Crippen molar-refractivity contribution in [2.45, 2.75) is 77.0 Å². The summed E-state index contributed by atoms with van der Waals surface area (Å²) in [4.78, 5) is 12.9. The van der Waals surface area contributed by atoms with Crippen LogP contribution in [0.2, 0.25) is 0 Å². The summed E-state index contributed by atoms with van der Waals surface area (Å²) in [7, 11) is -0.109. The minimum atomic E-state index is -2.08. The van der Waals surface area contributed by atoms with Crippen molar-refractivity contribution in [3.05, 3.63) is 86.5 Å². The summed E-state index contributed by atoms with van der Waals surface area (Å²) in [6, 6.07) is 14.1. The summed E-state index contributed by atoms with van der Waals surface area (Å²) < 4.78 is 0. The molecule has 0 atom stereocenters. The molecule has 0 aliphatic rings. The van der Waals surface area contributed by atoms with E-state index in [0.717, 1.165) is 0 Å². The minimum absolute atomic E-state index is 0.109. The number of hydrogen-bond acceptors (Lipinski definition) is 2. The average molecular weight is 451 g/mol. The van der Waals surface area contributed by atoms with Gasteiger partial charge in [-0.3, -0.25) is 0 Å². The second-order valence-electron chi connectivity index (χ2n) is 8.76. The fourth-order valence-corrected chi connectivity index (χ4v) is 7.67. The molecule has 0 spiro atoms. The van der Waals surface area contributed by atoms with Crippen molar-refractivity contribution in [2.75, 3.05) is 0 Å². The Morgan fingerprint density at radius 1 is 0.562 bits per heavy atom. The zero-order chi connectivity index (χ0) is 24.3. The maximum absolute atomic E-state index is 8.44. The van der Waals surface area contributed by atoms with Gasteiger partial charge in [-0.05, 0) is 62.3 Å². The van der Waals surface area contributed by atoms with E-state index in [0.29, 0.717) is 0 Å². The molecule has 0 radical (unpaired) electrons. The third-order valence-corrected chi connectivity index (χ3v) is 8.58. The SMILES string of the molecule is Cc1cc(C)c([S+](c2c(C)cc(C)cc2C)c2c(C)cc(C)cc2C)c(C)c1.O=C([O-])O. The monoisotopic (exact) mass is 450 g/mol. The molecule has 0 bridgehead atoms. The highest BCUT2D eigenvalue weighted by Crippen LogP contribution is 2.41. The normalized spacial score (nSPS) is 10.7. The fraction of sp³-hybridized carbons (Fsp3) is 0.321. The first-order valence-corrected chi connectivity index (χ1v) is 11.9. The van der Waals surface area contributed by atoms with E-state index in [1.165, 1.54) is 64.8 Å². The summed E-state index contributed by atoms with van der Waals surface area (Å²) in [5, 5.41) is 15.3.